The minimum atomic E-state index is -1.03. The van der Waals surface area contributed by atoms with Crippen molar-refractivity contribution < 1.29 is 24.7 Å². The average molecular weight is 543 g/mol. The summed E-state index contributed by atoms with van der Waals surface area (Å²) in [6.45, 7) is 1.84. The Labute approximate surface area is 230 Å². The number of pyridine rings is 1. The molecule has 0 unspecified atom stereocenters. The summed E-state index contributed by atoms with van der Waals surface area (Å²) in [5, 5.41) is 39.0. The number of hydrogen-bond acceptors (Lipinski definition) is 8. The lowest BCUT2D eigenvalue weighted by atomic mass is 9.48. The number of carbonyl (C=O) groups excluding carboxylic acids is 1. The number of hydrogen-bond donors (Lipinski definition) is 3. The number of amides is 1. The molecule has 1 saturated heterocycles. The van der Waals surface area contributed by atoms with E-state index >= 15 is 0 Å². The SMILES string of the molecule is O=C(N[C@@H]1CC[C@@]2(O)[C@H]3Cc4ccc(O)c5c4[C@@]2(CCN3CC2CC2)[C@H]1O5)c1cc2cc([N+](=O)[O-])ccc2cn1. The van der Waals surface area contributed by atoms with Crippen LogP contribution in [0.1, 0.15) is 53.7 Å². The first-order chi connectivity index (χ1) is 19.3. The van der Waals surface area contributed by atoms with Crippen molar-refractivity contribution in [2.24, 2.45) is 5.92 Å². The number of nitrogens with zero attached hydrogens (tertiary/aromatic N) is 3. The number of likely N-dealkylation sites (tertiary alicyclic amines) is 1. The normalized spacial score (nSPS) is 31.9. The van der Waals surface area contributed by atoms with Gasteiger partial charge in [0.05, 0.1) is 22.0 Å². The van der Waals surface area contributed by atoms with Crippen molar-refractivity contribution in [1.29, 1.82) is 0 Å². The molecule has 3 aromatic rings. The van der Waals surface area contributed by atoms with Crippen LogP contribution >= 0.6 is 0 Å². The molecule has 3 N–H and O–H groups in total. The third kappa shape index (κ3) is 3.17. The van der Waals surface area contributed by atoms with E-state index in [0.717, 1.165) is 24.2 Å². The van der Waals surface area contributed by atoms with Crippen LogP contribution < -0.4 is 10.1 Å². The molecule has 3 fully saturated rings. The standard InChI is InChI=1S/C30H30N4O6/c35-23-6-4-17-13-24-30(37)8-7-21(27-29(30,25(17)26(23)40-27)9-10-33(24)15-16-1-2-16)32-28(36)22-12-19-11-20(34(38)39)5-3-18(19)14-31-22/h3-6,11-12,14,16,21,24,27,35,37H,1-2,7-10,13,15H2,(H,32,36)/t21-,24-,27+,29+,30-/m1/s1. The Bertz CT molecular complexity index is 1610. The summed E-state index contributed by atoms with van der Waals surface area (Å²) in [5.41, 5.74) is 0.368. The van der Waals surface area contributed by atoms with Crippen LogP contribution in [0.15, 0.2) is 42.6 Å². The van der Waals surface area contributed by atoms with Crippen LogP contribution in [0.25, 0.3) is 10.8 Å². The molecular formula is C30H30N4O6. The van der Waals surface area contributed by atoms with Gasteiger partial charge >= 0.3 is 0 Å². The van der Waals surface area contributed by atoms with E-state index in [1.165, 1.54) is 25.0 Å². The van der Waals surface area contributed by atoms with E-state index in [-0.39, 0.29) is 23.2 Å². The zero-order chi connectivity index (χ0) is 27.4. The molecule has 206 valence electrons. The maximum absolute atomic E-state index is 13.5. The fourth-order valence-electron chi connectivity index (χ4n) is 8.24. The molecule has 10 nitrogen and oxygen atoms in total. The first kappa shape index (κ1) is 24.1. The van der Waals surface area contributed by atoms with Crippen LogP contribution in [0.2, 0.25) is 0 Å². The van der Waals surface area contributed by atoms with Crippen molar-refractivity contribution in [3.05, 3.63) is 69.5 Å². The summed E-state index contributed by atoms with van der Waals surface area (Å²) < 4.78 is 6.53. The number of phenols is 1. The second-order valence-corrected chi connectivity index (χ2v) is 12.3. The lowest BCUT2D eigenvalue weighted by Gasteiger charge is -2.64. The number of rotatable bonds is 5. The summed E-state index contributed by atoms with van der Waals surface area (Å²) in [7, 11) is 0. The highest BCUT2D eigenvalue weighted by Crippen LogP contribution is 2.65. The molecule has 1 amide bonds. The van der Waals surface area contributed by atoms with Gasteiger partial charge in [-0.3, -0.25) is 24.8 Å². The molecule has 40 heavy (non-hydrogen) atoms. The molecule has 5 aliphatic rings. The van der Waals surface area contributed by atoms with Crippen molar-refractivity contribution in [3.8, 4) is 11.5 Å². The highest BCUT2D eigenvalue weighted by molar-refractivity contribution is 5.97. The second kappa shape index (κ2) is 8.14. The number of piperidine rings is 1. The predicted molar refractivity (Wildman–Crippen MR) is 144 cm³/mol. The van der Waals surface area contributed by atoms with Gasteiger partial charge in [0.15, 0.2) is 11.5 Å². The minimum Gasteiger partial charge on any atom is -0.504 e. The van der Waals surface area contributed by atoms with E-state index in [0.29, 0.717) is 48.1 Å². The second-order valence-electron chi connectivity index (χ2n) is 12.3. The van der Waals surface area contributed by atoms with E-state index in [4.69, 9.17) is 4.74 Å². The first-order valence-corrected chi connectivity index (χ1v) is 14.1. The molecule has 1 aromatic heterocycles. The Kier molecular flexibility index (Phi) is 4.90. The van der Waals surface area contributed by atoms with Gasteiger partial charge in [-0.1, -0.05) is 6.07 Å². The number of aliphatic hydroxyl groups is 1. The molecular weight excluding hydrogens is 512 g/mol. The van der Waals surface area contributed by atoms with Crippen LogP contribution in [0.5, 0.6) is 11.5 Å². The molecule has 2 aliphatic heterocycles. The van der Waals surface area contributed by atoms with E-state index in [1.54, 1.807) is 24.4 Å². The molecule has 0 radical (unpaired) electrons. The Morgan fingerprint density at radius 3 is 2.83 bits per heavy atom. The maximum Gasteiger partial charge on any atom is 0.270 e. The van der Waals surface area contributed by atoms with Crippen LogP contribution in [0.3, 0.4) is 0 Å². The van der Waals surface area contributed by atoms with Crippen LogP contribution in [0, 0.1) is 16.0 Å². The van der Waals surface area contributed by atoms with Gasteiger partial charge in [0, 0.05) is 41.9 Å². The van der Waals surface area contributed by atoms with Crippen molar-refractivity contribution in [2.45, 2.75) is 67.7 Å². The van der Waals surface area contributed by atoms with Crippen molar-refractivity contribution >= 4 is 22.4 Å². The third-order valence-corrected chi connectivity index (χ3v) is 10.2. The van der Waals surface area contributed by atoms with Crippen LogP contribution in [-0.2, 0) is 11.8 Å². The van der Waals surface area contributed by atoms with Crippen LogP contribution in [-0.4, -0.2) is 67.8 Å². The summed E-state index contributed by atoms with van der Waals surface area (Å²) >= 11 is 0. The monoisotopic (exact) mass is 542 g/mol. The van der Waals surface area contributed by atoms with Crippen molar-refractivity contribution in [1.82, 2.24) is 15.2 Å². The van der Waals surface area contributed by atoms with Gasteiger partial charge < -0.3 is 20.3 Å². The Morgan fingerprint density at radius 2 is 2.02 bits per heavy atom. The number of nitro benzene ring substituents is 1. The van der Waals surface area contributed by atoms with Gasteiger partial charge in [0.25, 0.3) is 11.6 Å². The van der Waals surface area contributed by atoms with Crippen molar-refractivity contribution in [3.63, 3.8) is 0 Å². The summed E-state index contributed by atoms with van der Waals surface area (Å²) in [6, 6.07) is 9.23. The number of aromatic hydroxyl groups is 1. The highest BCUT2D eigenvalue weighted by Gasteiger charge is 2.73. The largest absolute Gasteiger partial charge is 0.504 e. The Hall–Kier alpha value is -3.76. The van der Waals surface area contributed by atoms with Crippen LogP contribution in [0.4, 0.5) is 5.69 Å². The molecule has 5 atom stereocenters. The smallest absolute Gasteiger partial charge is 0.270 e. The highest BCUT2D eigenvalue weighted by atomic mass is 16.6. The third-order valence-electron chi connectivity index (χ3n) is 10.2. The molecule has 2 saturated carbocycles. The summed E-state index contributed by atoms with van der Waals surface area (Å²) in [4.78, 5) is 31.1. The number of fused-ring (bicyclic) bond motifs is 1. The first-order valence-electron chi connectivity index (χ1n) is 14.1. The fourth-order valence-corrected chi connectivity index (χ4v) is 8.24. The van der Waals surface area contributed by atoms with Gasteiger partial charge in [0.2, 0.25) is 0 Å². The number of non-ortho nitro benzene ring substituents is 1. The lowest BCUT2D eigenvalue weighted by Crippen LogP contribution is -2.78. The van der Waals surface area contributed by atoms with Gasteiger partial charge in [-0.25, -0.2) is 0 Å². The molecule has 2 aromatic carbocycles. The molecule has 2 bridgehead atoms. The minimum absolute atomic E-state index is 0.0365. The van der Waals surface area contributed by atoms with E-state index in [2.05, 4.69) is 15.2 Å². The quantitative estimate of drug-likeness (QED) is 0.330. The molecule has 1 spiro atoms. The van der Waals surface area contributed by atoms with Crippen molar-refractivity contribution in [2.75, 3.05) is 13.1 Å². The van der Waals surface area contributed by atoms with Gasteiger partial charge in [-0.05, 0) is 80.1 Å². The number of ether oxygens (including phenoxy) is 1. The number of nitrogens with one attached hydrogen (secondary N) is 1. The molecule has 3 aliphatic carbocycles. The van der Waals surface area contributed by atoms with Gasteiger partial charge in [0.1, 0.15) is 11.8 Å². The number of phenolic OH excluding ortho intramolecular Hbond substituents is 1. The molecule has 10 heteroatoms. The molecule has 3 heterocycles. The van der Waals surface area contributed by atoms with E-state index in [9.17, 15) is 25.1 Å². The Morgan fingerprint density at radius 1 is 1.18 bits per heavy atom. The fraction of sp³-hybridized carbons (Fsp3) is 0.467. The number of benzene rings is 2. The average Bonchev–Trinajstić information content (AvgIpc) is 3.69. The maximum atomic E-state index is 13.5. The zero-order valence-corrected chi connectivity index (χ0v) is 21.9. The number of carbonyl (C=O) groups is 1. The lowest BCUT2D eigenvalue weighted by molar-refractivity contribution is -0.384. The van der Waals surface area contributed by atoms with E-state index < -0.39 is 34.0 Å². The summed E-state index contributed by atoms with van der Waals surface area (Å²) in [6.07, 6.45) is 5.93. The van der Waals surface area contributed by atoms with Gasteiger partial charge in [-0.2, -0.15) is 0 Å². The number of nitro groups is 1. The molecule has 8 rings (SSSR count). The number of aromatic nitrogens is 1. The Balaban J connectivity index is 1.15. The zero-order valence-electron chi connectivity index (χ0n) is 21.9. The topological polar surface area (TPSA) is 138 Å². The van der Waals surface area contributed by atoms with E-state index in [1.807, 2.05) is 6.07 Å². The summed E-state index contributed by atoms with van der Waals surface area (Å²) in [5.74, 6) is 0.804. The predicted octanol–water partition coefficient (Wildman–Crippen LogP) is 3.21. The van der Waals surface area contributed by atoms with Gasteiger partial charge in [-0.15, -0.1) is 0 Å².